The van der Waals surface area contributed by atoms with Crippen LogP contribution in [0.15, 0.2) is 58.1 Å². The van der Waals surface area contributed by atoms with Crippen LogP contribution >= 0.6 is 15.9 Å². The highest BCUT2D eigenvalue weighted by molar-refractivity contribution is 9.10. The van der Waals surface area contributed by atoms with Crippen molar-refractivity contribution in [1.29, 1.82) is 0 Å². The van der Waals surface area contributed by atoms with Crippen molar-refractivity contribution in [2.75, 3.05) is 0 Å². The smallest absolute Gasteiger partial charge is 0.243 e. The first-order valence-electron chi connectivity index (χ1n) is 7.99. The van der Waals surface area contributed by atoms with Crippen LogP contribution < -0.4 is 0 Å². The second kappa shape index (κ2) is 7.26. The second-order valence-electron chi connectivity index (χ2n) is 5.81. The molecule has 1 amide bonds. The van der Waals surface area contributed by atoms with E-state index in [1.165, 1.54) is 12.1 Å². The lowest BCUT2D eigenvalue weighted by atomic mass is 9.98. The highest BCUT2D eigenvalue weighted by Gasteiger charge is 2.32. The largest absolute Gasteiger partial charge is 0.273 e. The predicted octanol–water partition coefficient (Wildman–Crippen LogP) is 5.07. The molecule has 0 fully saturated rings. The van der Waals surface area contributed by atoms with Crippen molar-refractivity contribution in [1.82, 2.24) is 5.01 Å². The maximum atomic E-state index is 13.1. The molecule has 3 nitrogen and oxygen atoms in total. The van der Waals surface area contributed by atoms with Crippen LogP contribution in [0.3, 0.4) is 0 Å². The van der Waals surface area contributed by atoms with Gasteiger partial charge in [-0.1, -0.05) is 47.1 Å². The van der Waals surface area contributed by atoms with Crippen LogP contribution in [-0.2, 0) is 4.79 Å². The lowest BCUT2D eigenvalue weighted by molar-refractivity contribution is -0.133. The maximum Gasteiger partial charge on any atom is 0.243 e. The monoisotopic (exact) mass is 388 g/mol. The quantitative estimate of drug-likeness (QED) is 0.719. The van der Waals surface area contributed by atoms with E-state index in [4.69, 9.17) is 0 Å². The minimum Gasteiger partial charge on any atom is -0.273 e. The number of hydrogen-bond donors (Lipinski definition) is 0. The molecule has 5 heteroatoms. The average Bonchev–Trinajstić information content (AvgIpc) is 3.02. The van der Waals surface area contributed by atoms with Crippen molar-refractivity contribution < 1.29 is 9.18 Å². The summed E-state index contributed by atoms with van der Waals surface area (Å²) in [4.78, 5) is 12.5. The Morgan fingerprint density at radius 3 is 2.50 bits per heavy atom. The molecule has 0 aromatic heterocycles. The third-order valence-electron chi connectivity index (χ3n) is 4.06. The standard InChI is InChI=1S/C19H18BrFN2O/c1-2-3-19(24)23-18(14-4-8-15(20)9-5-14)12-17(22-23)13-6-10-16(21)11-7-13/h4-11,18H,2-3,12H2,1H3/t18-/m0/s1. The molecule has 0 N–H and O–H groups in total. The fraction of sp³-hybridized carbons (Fsp3) is 0.263. The van der Waals surface area contributed by atoms with Crippen molar-refractivity contribution in [2.45, 2.75) is 32.2 Å². The van der Waals surface area contributed by atoms with E-state index in [0.717, 1.165) is 27.7 Å². The zero-order valence-electron chi connectivity index (χ0n) is 13.4. The molecule has 0 saturated heterocycles. The van der Waals surface area contributed by atoms with E-state index >= 15 is 0 Å². The lowest BCUT2D eigenvalue weighted by Gasteiger charge is -2.22. The Morgan fingerprint density at radius 1 is 1.21 bits per heavy atom. The summed E-state index contributed by atoms with van der Waals surface area (Å²) in [7, 11) is 0. The van der Waals surface area contributed by atoms with Gasteiger partial charge in [-0.2, -0.15) is 5.10 Å². The molecule has 0 saturated carbocycles. The SMILES string of the molecule is CCCC(=O)N1N=C(c2ccc(F)cc2)C[C@H]1c1ccc(Br)cc1. The molecule has 2 aromatic rings. The molecule has 3 rings (SSSR count). The van der Waals surface area contributed by atoms with Gasteiger partial charge in [-0.15, -0.1) is 0 Å². The molecule has 0 aliphatic carbocycles. The summed E-state index contributed by atoms with van der Waals surface area (Å²) in [5, 5.41) is 6.14. The van der Waals surface area contributed by atoms with Gasteiger partial charge in [0.05, 0.1) is 11.8 Å². The molecule has 1 atom stereocenters. The van der Waals surface area contributed by atoms with Gasteiger partial charge < -0.3 is 0 Å². The highest BCUT2D eigenvalue weighted by Crippen LogP contribution is 2.34. The first-order valence-corrected chi connectivity index (χ1v) is 8.78. The first kappa shape index (κ1) is 16.8. The summed E-state index contributed by atoms with van der Waals surface area (Å²) in [5.74, 6) is -0.261. The molecule has 0 radical (unpaired) electrons. The third kappa shape index (κ3) is 3.56. The summed E-state index contributed by atoms with van der Waals surface area (Å²) in [6, 6.07) is 14.1. The van der Waals surface area contributed by atoms with Crippen LogP contribution in [0.5, 0.6) is 0 Å². The Bertz CT molecular complexity index is 756. The fourth-order valence-electron chi connectivity index (χ4n) is 2.83. The number of hydrogen-bond acceptors (Lipinski definition) is 2. The van der Waals surface area contributed by atoms with Crippen molar-refractivity contribution in [3.63, 3.8) is 0 Å². The predicted molar refractivity (Wildman–Crippen MR) is 96.2 cm³/mol. The Balaban J connectivity index is 1.92. The fourth-order valence-corrected chi connectivity index (χ4v) is 3.09. The van der Waals surface area contributed by atoms with Crippen LogP contribution in [0.1, 0.15) is 43.4 Å². The van der Waals surface area contributed by atoms with E-state index in [9.17, 15) is 9.18 Å². The van der Waals surface area contributed by atoms with E-state index in [0.29, 0.717) is 12.8 Å². The van der Waals surface area contributed by atoms with Crippen LogP contribution in [0.25, 0.3) is 0 Å². The van der Waals surface area contributed by atoms with Crippen LogP contribution in [0, 0.1) is 5.82 Å². The number of hydrazone groups is 1. The minimum absolute atomic E-state index is 0.0162. The molecule has 1 aliphatic rings. The molecule has 1 aliphatic heterocycles. The van der Waals surface area contributed by atoms with Crippen molar-refractivity contribution in [3.8, 4) is 0 Å². The average molecular weight is 389 g/mol. The lowest BCUT2D eigenvalue weighted by Crippen LogP contribution is -2.26. The molecular formula is C19H18BrFN2O. The molecular weight excluding hydrogens is 371 g/mol. The van der Waals surface area contributed by atoms with Crippen LogP contribution in [0.4, 0.5) is 4.39 Å². The maximum absolute atomic E-state index is 13.1. The Morgan fingerprint density at radius 2 is 1.88 bits per heavy atom. The number of carbonyl (C=O) groups excluding carboxylic acids is 1. The minimum atomic E-state index is -0.277. The first-order chi connectivity index (χ1) is 11.6. The van der Waals surface area contributed by atoms with Gasteiger partial charge in [0, 0.05) is 17.3 Å². The van der Waals surface area contributed by atoms with Crippen molar-refractivity contribution >= 4 is 27.5 Å². The number of halogens is 2. The van der Waals surface area contributed by atoms with E-state index < -0.39 is 0 Å². The Labute approximate surface area is 149 Å². The van der Waals surface area contributed by atoms with Crippen molar-refractivity contribution in [3.05, 3.63) is 69.9 Å². The van der Waals surface area contributed by atoms with Gasteiger partial charge in [0.2, 0.25) is 5.91 Å². The number of rotatable bonds is 4. The summed E-state index contributed by atoms with van der Waals surface area (Å²) in [6.45, 7) is 1.98. The molecule has 0 spiro atoms. The normalized spacial score (nSPS) is 17.0. The van der Waals surface area contributed by atoms with Gasteiger partial charge in [-0.25, -0.2) is 9.40 Å². The molecule has 124 valence electrons. The zero-order valence-corrected chi connectivity index (χ0v) is 15.0. The van der Waals surface area contributed by atoms with Crippen molar-refractivity contribution in [2.24, 2.45) is 5.10 Å². The van der Waals surface area contributed by atoms with Gasteiger partial charge in [0.1, 0.15) is 5.82 Å². The Kier molecular flexibility index (Phi) is 5.09. The van der Waals surface area contributed by atoms with Crippen LogP contribution in [0.2, 0.25) is 0 Å². The molecule has 24 heavy (non-hydrogen) atoms. The third-order valence-corrected chi connectivity index (χ3v) is 4.59. The van der Waals surface area contributed by atoms with E-state index in [1.54, 1.807) is 17.1 Å². The molecule has 0 bridgehead atoms. The van der Waals surface area contributed by atoms with Crippen LogP contribution in [-0.4, -0.2) is 16.6 Å². The van der Waals surface area contributed by atoms with Gasteiger partial charge in [0.15, 0.2) is 0 Å². The number of carbonyl (C=O) groups is 1. The van der Waals surface area contributed by atoms with Gasteiger partial charge >= 0.3 is 0 Å². The summed E-state index contributed by atoms with van der Waals surface area (Å²) >= 11 is 3.43. The Hall–Kier alpha value is -2.01. The van der Waals surface area contributed by atoms with E-state index in [-0.39, 0.29) is 17.8 Å². The molecule has 1 heterocycles. The molecule has 0 unspecified atom stereocenters. The second-order valence-corrected chi connectivity index (χ2v) is 6.73. The number of amides is 1. The number of nitrogens with zero attached hydrogens (tertiary/aromatic N) is 2. The topological polar surface area (TPSA) is 32.7 Å². The van der Waals surface area contributed by atoms with E-state index in [2.05, 4.69) is 21.0 Å². The summed E-state index contributed by atoms with van der Waals surface area (Å²) in [6.07, 6.45) is 1.87. The van der Waals surface area contributed by atoms with Gasteiger partial charge in [0.25, 0.3) is 0 Å². The van der Waals surface area contributed by atoms with E-state index in [1.807, 2.05) is 31.2 Å². The summed E-state index contributed by atoms with van der Waals surface area (Å²) < 4.78 is 14.1. The van der Waals surface area contributed by atoms with Gasteiger partial charge in [-0.05, 0) is 41.8 Å². The molecule has 2 aromatic carbocycles. The van der Waals surface area contributed by atoms with Gasteiger partial charge in [-0.3, -0.25) is 4.79 Å². The zero-order chi connectivity index (χ0) is 17.1. The highest BCUT2D eigenvalue weighted by atomic mass is 79.9. The number of benzene rings is 2. The summed E-state index contributed by atoms with van der Waals surface area (Å²) in [5.41, 5.74) is 2.71.